The number of nitrogens with two attached hydrogens (primary N) is 1. The molecule has 94 valence electrons. The van der Waals surface area contributed by atoms with Crippen LogP contribution < -0.4 is 5.73 Å². The minimum Gasteiger partial charge on any atom is -0.373 e. The number of ether oxygens (including phenoxy) is 1. The Balaban J connectivity index is 2.14. The zero-order valence-electron chi connectivity index (χ0n) is 10.6. The van der Waals surface area contributed by atoms with Gasteiger partial charge in [-0.3, -0.25) is 4.90 Å². The Morgan fingerprint density at radius 3 is 2.38 bits per heavy atom. The Kier molecular flexibility index (Phi) is 3.84. The van der Waals surface area contributed by atoms with E-state index in [2.05, 4.69) is 37.4 Å². The molecule has 0 aliphatic carbocycles. The van der Waals surface area contributed by atoms with E-state index in [1.807, 2.05) is 0 Å². The molecule has 0 aromatic heterocycles. The average molecular weight is 244 g/mol. The zero-order valence-corrected chi connectivity index (χ0v) is 11.4. The summed E-state index contributed by atoms with van der Waals surface area (Å²) in [7, 11) is 0. The molecule has 16 heavy (non-hydrogen) atoms. The maximum absolute atomic E-state index is 6.09. The van der Waals surface area contributed by atoms with Gasteiger partial charge < -0.3 is 10.5 Å². The summed E-state index contributed by atoms with van der Waals surface area (Å²) < 4.78 is 5.81. The molecular formula is C12H24N2OS. The van der Waals surface area contributed by atoms with Crippen molar-refractivity contribution >= 4 is 11.8 Å². The molecule has 2 aliphatic heterocycles. The van der Waals surface area contributed by atoms with Crippen LogP contribution >= 0.6 is 11.8 Å². The first-order valence-corrected chi connectivity index (χ1v) is 7.35. The molecule has 2 fully saturated rings. The second kappa shape index (κ2) is 4.84. The summed E-state index contributed by atoms with van der Waals surface area (Å²) in [4.78, 5) is 2.59. The van der Waals surface area contributed by atoms with Crippen molar-refractivity contribution < 1.29 is 4.74 Å². The summed E-state index contributed by atoms with van der Waals surface area (Å²) in [6.45, 7) is 9.51. The van der Waals surface area contributed by atoms with Crippen molar-refractivity contribution in [3.63, 3.8) is 0 Å². The number of hydrogen-bond donors (Lipinski definition) is 1. The molecular weight excluding hydrogens is 220 g/mol. The van der Waals surface area contributed by atoms with Gasteiger partial charge in [0.1, 0.15) is 0 Å². The summed E-state index contributed by atoms with van der Waals surface area (Å²) in [6, 6.07) is 0. The fourth-order valence-corrected chi connectivity index (χ4v) is 4.62. The SMILES string of the molecule is CC1SCCC1(CN)N1C[C@@H](C)O[C@@H](C)C1. The summed E-state index contributed by atoms with van der Waals surface area (Å²) in [5.74, 6) is 1.25. The molecule has 0 aromatic rings. The van der Waals surface area contributed by atoms with E-state index in [0.717, 1.165) is 19.6 Å². The third-order valence-electron chi connectivity index (χ3n) is 4.06. The zero-order chi connectivity index (χ0) is 11.8. The highest BCUT2D eigenvalue weighted by Gasteiger charge is 2.46. The predicted molar refractivity (Wildman–Crippen MR) is 69.9 cm³/mol. The van der Waals surface area contributed by atoms with E-state index in [1.54, 1.807) is 0 Å². The van der Waals surface area contributed by atoms with Crippen LogP contribution in [-0.4, -0.2) is 53.3 Å². The van der Waals surface area contributed by atoms with Gasteiger partial charge in [0.2, 0.25) is 0 Å². The van der Waals surface area contributed by atoms with Crippen LogP contribution in [0.4, 0.5) is 0 Å². The molecule has 2 saturated heterocycles. The number of rotatable bonds is 2. The molecule has 0 spiro atoms. The highest BCUT2D eigenvalue weighted by Crippen LogP contribution is 2.40. The van der Waals surface area contributed by atoms with Crippen molar-refractivity contribution in [1.82, 2.24) is 4.90 Å². The summed E-state index contributed by atoms with van der Waals surface area (Å²) in [5, 5.41) is 0.648. The quantitative estimate of drug-likeness (QED) is 0.795. The van der Waals surface area contributed by atoms with Gasteiger partial charge in [-0.05, 0) is 26.0 Å². The molecule has 2 unspecified atom stereocenters. The van der Waals surface area contributed by atoms with Crippen molar-refractivity contribution in [2.45, 2.75) is 50.2 Å². The lowest BCUT2D eigenvalue weighted by atomic mass is 9.89. The van der Waals surface area contributed by atoms with Crippen molar-refractivity contribution in [3.05, 3.63) is 0 Å². The number of hydrogen-bond acceptors (Lipinski definition) is 4. The van der Waals surface area contributed by atoms with E-state index in [4.69, 9.17) is 10.5 Å². The van der Waals surface area contributed by atoms with Crippen LogP contribution in [0.3, 0.4) is 0 Å². The molecule has 3 nitrogen and oxygen atoms in total. The van der Waals surface area contributed by atoms with Crippen LogP contribution in [-0.2, 0) is 4.74 Å². The Morgan fingerprint density at radius 1 is 1.31 bits per heavy atom. The topological polar surface area (TPSA) is 38.5 Å². The minimum atomic E-state index is 0.219. The maximum atomic E-state index is 6.09. The summed E-state index contributed by atoms with van der Waals surface area (Å²) >= 11 is 2.06. The lowest BCUT2D eigenvalue weighted by Gasteiger charge is -2.48. The normalized spacial score (nSPS) is 46.1. The van der Waals surface area contributed by atoms with Gasteiger partial charge in [0.15, 0.2) is 0 Å². The molecule has 0 aromatic carbocycles. The minimum absolute atomic E-state index is 0.219. The van der Waals surface area contributed by atoms with Crippen molar-refractivity contribution in [1.29, 1.82) is 0 Å². The van der Waals surface area contributed by atoms with Crippen LogP contribution in [0.25, 0.3) is 0 Å². The monoisotopic (exact) mass is 244 g/mol. The lowest BCUT2D eigenvalue weighted by molar-refractivity contribution is -0.0996. The number of morpholine rings is 1. The van der Waals surface area contributed by atoms with Gasteiger partial charge in [-0.1, -0.05) is 6.92 Å². The Bertz CT molecular complexity index is 241. The third kappa shape index (κ3) is 2.13. The van der Waals surface area contributed by atoms with Crippen LogP contribution in [0.2, 0.25) is 0 Å². The Morgan fingerprint density at radius 2 is 1.94 bits per heavy atom. The van der Waals surface area contributed by atoms with E-state index in [1.165, 1.54) is 12.2 Å². The standard InChI is InChI=1S/C12H24N2OS/c1-9-6-14(7-10(2)15-9)12(8-13)4-5-16-11(12)3/h9-11H,4-8,13H2,1-3H3/t9-,10+,11?,12?. The fourth-order valence-electron chi connectivity index (χ4n) is 3.12. The molecule has 0 amide bonds. The third-order valence-corrected chi connectivity index (χ3v) is 5.44. The summed E-state index contributed by atoms with van der Waals surface area (Å²) in [6.07, 6.45) is 1.91. The molecule has 4 heteroatoms. The van der Waals surface area contributed by atoms with Gasteiger partial charge >= 0.3 is 0 Å². The Hall–Kier alpha value is 0.230. The molecule has 0 saturated carbocycles. The highest BCUT2D eigenvalue weighted by atomic mass is 32.2. The van der Waals surface area contributed by atoms with Crippen LogP contribution in [0.1, 0.15) is 27.2 Å². The van der Waals surface area contributed by atoms with E-state index in [0.29, 0.717) is 17.5 Å². The molecule has 2 N–H and O–H groups in total. The molecule has 0 radical (unpaired) electrons. The van der Waals surface area contributed by atoms with E-state index in [9.17, 15) is 0 Å². The molecule has 4 atom stereocenters. The first kappa shape index (κ1) is 12.7. The average Bonchev–Trinajstić information content (AvgIpc) is 2.59. The van der Waals surface area contributed by atoms with Crippen molar-refractivity contribution in [2.24, 2.45) is 5.73 Å². The number of nitrogens with zero attached hydrogens (tertiary/aromatic N) is 1. The van der Waals surface area contributed by atoms with Gasteiger partial charge in [-0.15, -0.1) is 0 Å². The van der Waals surface area contributed by atoms with Crippen molar-refractivity contribution in [3.8, 4) is 0 Å². The highest BCUT2D eigenvalue weighted by molar-refractivity contribution is 8.00. The van der Waals surface area contributed by atoms with Gasteiger partial charge in [-0.2, -0.15) is 11.8 Å². The first-order valence-electron chi connectivity index (χ1n) is 6.30. The van der Waals surface area contributed by atoms with Crippen LogP contribution in [0.5, 0.6) is 0 Å². The maximum Gasteiger partial charge on any atom is 0.0678 e. The van der Waals surface area contributed by atoms with E-state index in [-0.39, 0.29) is 5.54 Å². The molecule has 2 aliphatic rings. The largest absolute Gasteiger partial charge is 0.373 e. The van der Waals surface area contributed by atoms with Gasteiger partial charge in [-0.25, -0.2) is 0 Å². The van der Waals surface area contributed by atoms with Crippen LogP contribution in [0.15, 0.2) is 0 Å². The van der Waals surface area contributed by atoms with Gasteiger partial charge in [0.05, 0.1) is 12.2 Å². The lowest BCUT2D eigenvalue weighted by Crippen LogP contribution is -2.63. The van der Waals surface area contributed by atoms with E-state index >= 15 is 0 Å². The predicted octanol–water partition coefficient (Wildman–Crippen LogP) is 1.32. The molecule has 2 rings (SSSR count). The van der Waals surface area contributed by atoms with E-state index < -0.39 is 0 Å². The summed E-state index contributed by atoms with van der Waals surface area (Å²) in [5.41, 5.74) is 6.30. The molecule has 2 heterocycles. The van der Waals surface area contributed by atoms with Gasteiger partial charge in [0, 0.05) is 30.4 Å². The smallest absolute Gasteiger partial charge is 0.0678 e. The second-order valence-electron chi connectivity index (χ2n) is 5.23. The fraction of sp³-hybridized carbons (Fsp3) is 1.00. The van der Waals surface area contributed by atoms with Crippen molar-refractivity contribution in [2.75, 3.05) is 25.4 Å². The van der Waals surface area contributed by atoms with Crippen LogP contribution in [0, 0.1) is 0 Å². The second-order valence-corrected chi connectivity index (χ2v) is 6.68. The number of thioether (sulfide) groups is 1. The molecule has 0 bridgehead atoms. The Labute approximate surface area is 103 Å². The first-order chi connectivity index (χ1) is 7.58. The van der Waals surface area contributed by atoms with Gasteiger partial charge in [0.25, 0.3) is 0 Å².